The fourth-order valence-corrected chi connectivity index (χ4v) is 5.98. The predicted octanol–water partition coefficient (Wildman–Crippen LogP) is 2.51. The molecule has 1 aromatic rings. The molecule has 5 atom stereocenters. The van der Waals surface area contributed by atoms with Crippen molar-refractivity contribution in [1.82, 2.24) is 4.72 Å². The van der Waals surface area contributed by atoms with Gasteiger partial charge in [0.2, 0.25) is 10.0 Å². The zero-order valence-electron chi connectivity index (χ0n) is 14.5. The van der Waals surface area contributed by atoms with Crippen molar-refractivity contribution in [2.45, 2.75) is 56.6 Å². The Hall–Kier alpha value is -1.60. The summed E-state index contributed by atoms with van der Waals surface area (Å²) >= 11 is 0. The molecule has 2 N–H and O–H groups in total. The van der Waals surface area contributed by atoms with Crippen molar-refractivity contribution in [1.29, 1.82) is 0 Å². The van der Waals surface area contributed by atoms with Crippen LogP contribution in [0.4, 0.5) is 5.69 Å². The van der Waals surface area contributed by atoms with E-state index in [-0.39, 0.29) is 16.8 Å². The maximum absolute atomic E-state index is 12.8. The Morgan fingerprint density at radius 1 is 1.28 bits per heavy atom. The van der Waals surface area contributed by atoms with E-state index in [1.807, 2.05) is 6.92 Å². The number of fused-ring (bicyclic) bond motifs is 3. The molecule has 2 aliphatic carbocycles. The van der Waals surface area contributed by atoms with Crippen LogP contribution in [0.25, 0.3) is 0 Å². The van der Waals surface area contributed by atoms with E-state index in [1.165, 1.54) is 31.4 Å². The van der Waals surface area contributed by atoms with Gasteiger partial charge in [-0.15, -0.1) is 0 Å². The van der Waals surface area contributed by atoms with Crippen LogP contribution in [0.5, 0.6) is 5.75 Å². The molecule has 7 heteroatoms. The van der Waals surface area contributed by atoms with E-state index in [2.05, 4.69) is 10.0 Å². The number of benzene rings is 1. The number of ether oxygens (including phenoxy) is 1. The van der Waals surface area contributed by atoms with Gasteiger partial charge in [0.05, 0.1) is 10.6 Å². The summed E-state index contributed by atoms with van der Waals surface area (Å²) in [6.45, 7) is 3.62. The van der Waals surface area contributed by atoms with Crippen LogP contribution in [-0.2, 0) is 14.8 Å². The molecule has 136 valence electrons. The zero-order valence-corrected chi connectivity index (χ0v) is 15.3. The van der Waals surface area contributed by atoms with E-state index < -0.39 is 16.1 Å². The van der Waals surface area contributed by atoms with E-state index in [0.29, 0.717) is 23.3 Å². The Morgan fingerprint density at radius 2 is 2.08 bits per heavy atom. The predicted molar refractivity (Wildman–Crippen MR) is 93.9 cm³/mol. The van der Waals surface area contributed by atoms with Crippen LogP contribution in [0, 0.1) is 17.8 Å². The first-order valence-corrected chi connectivity index (χ1v) is 10.5. The fourth-order valence-electron chi connectivity index (χ4n) is 4.66. The molecule has 1 aliphatic heterocycles. The van der Waals surface area contributed by atoms with Gasteiger partial charge in [-0.05, 0) is 69.1 Å². The molecule has 0 spiro atoms. The smallest absolute Gasteiger partial charge is 0.265 e. The molecular weight excluding hydrogens is 340 g/mol. The lowest BCUT2D eigenvalue weighted by Crippen LogP contribution is -2.40. The van der Waals surface area contributed by atoms with E-state index in [4.69, 9.17) is 4.74 Å². The molecular formula is C18H24N2O4S. The van der Waals surface area contributed by atoms with Gasteiger partial charge in [-0.25, -0.2) is 13.1 Å². The third-order valence-electron chi connectivity index (χ3n) is 5.97. The number of rotatable bonds is 4. The molecule has 0 aromatic heterocycles. The summed E-state index contributed by atoms with van der Waals surface area (Å²) < 4.78 is 33.9. The lowest BCUT2D eigenvalue weighted by molar-refractivity contribution is -0.122. The van der Waals surface area contributed by atoms with Crippen LogP contribution in [0.1, 0.15) is 39.5 Å². The normalized spacial score (nSPS) is 32.0. The molecule has 1 amide bonds. The van der Waals surface area contributed by atoms with Gasteiger partial charge in [0.25, 0.3) is 5.91 Å². The molecule has 25 heavy (non-hydrogen) atoms. The molecule has 1 heterocycles. The summed E-state index contributed by atoms with van der Waals surface area (Å²) in [7, 11) is -3.64. The maximum atomic E-state index is 12.8. The monoisotopic (exact) mass is 364 g/mol. The Bertz CT molecular complexity index is 807. The molecule has 2 fully saturated rings. The van der Waals surface area contributed by atoms with Crippen molar-refractivity contribution in [3.63, 3.8) is 0 Å². The summed E-state index contributed by atoms with van der Waals surface area (Å²) in [5.41, 5.74) is 0.401. The van der Waals surface area contributed by atoms with Crippen LogP contribution in [0.2, 0.25) is 0 Å². The molecule has 1 aromatic carbocycles. The number of amides is 1. The summed E-state index contributed by atoms with van der Waals surface area (Å²) in [6.07, 6.45) is 4.31. The largest absolute Gasteiger partial charge is 0.479 e. The molecule has 4 rings (SSSR count). The Kier molecular flexibility index (Phi) is 4.03. The highest BCUT2D eigenvalue weighted by atomic mass is 32.2. The van der Waals surface area contributed by atoms with Crippen molar-refractivity contribution in [3.8, 4) is 5.75 Å². The van der Waals surface area contributed by atoms with E-state index in [9.17, 15) is 13.2 Å². The van der Waals surface area contributed by atoms with Gasteiger partial charge in [-0.2, -0.15) is 0 Å². The quantitative estimate of drug-likeness (QED) is 0.860. The maximum Gasteiger partial charge on any atom is 0.265 e. The first kappa shape index (κ1) is 16.8. The molecule has 2 saturated carbocycles. The van der Waals surface area contributed by atoms with Crippen LogP contribution in [0.3, 0.4) is 0 Å². The minimum atomic E-state index is -3.64. The molecule has 0 saturated heterocycles. The number of carbonyl (C=O) groups is 1. The number of hydrogen-bond donors (Lipinski definition) is 2. The average Bonchev–Trinajstić information content (AvgIpc) is 3.18. The highest BCUT2D eigenvalue weighted by Crippen LogP contribution is 2.49. The van der Waals surface area contributed by atoms with E-state index in [1.54, 1.807) is 13.0 Å². The van der Waals surface area contributed by atoms with Gasteiger partial charge in [-0.3, -0.25) is 4.79 Å². The molecule has 5 unspecified atom stereocenters. The second-order valence-corrected chi connectivity index (χ2v) is 9.37. The van der Waals surface area contributed by atoms with Gasteiger partial charge in [0, 0.05) is 6.04 Å². The highest BCUT2D eigenvalue weighted by molar-refractivity contribution is 7.89. The number of anilines is 1. The number of hydrogen-bond acceptors (Lipinski definition) is 4. The van der Waals surface area contributed by atoms with Crippen LogP contribution < -0.4 is 14.8 Å². The number of nitrogens with one attached hydrogen (secondary N) is 2. The van der Waals surface area contributed by atoms with Crippen molar-refractivity contribution >= 4 is 21.6 Å². The summed E-state index contributed by atoms with van der Waals surface area (Å²) in [5.74, 6) is 2.08. The van der Waals surface area contributed by atoms with Crippen molar-refractivity contribution in [2.24, 2.45) is 17.8 Å². The first-order valence-electron chi connectivity index (χ1n) is 8.97. The Labute approximate surface area is 148 Å². The lowest BCUT2D eigenvalue weighted by atomic mass is 9.84. The number of carbonyl (C=O) groups excluding carboxylic acids is 1. The minimum Gasteiger partial charge on any atom is -0.479 e. The van der Waals surface area contributed by atoms with Crippen molar-refractivity contribution in [3.05, 3.63) is 18.2 Å². The lowest BCUT2D eigenvalue weighted by Gasteiger charge is -2.28. The molecule has 2 bridgehead atoms. The topological polar surface area (TPSA) is 84.5 Å². The summed E-state index contributed by atoms with van der Waals surface area (Å²) in [5, 5.41) is 2.70. The molecule has 3 aliphatic rings. The van der Waals surface area contributed by atoms with Gasteiger partial charge in [-0.1, -0.05) is 6.42 Å². The third kappa shape index (κ3) is 3.04. The van der Waals surface area contributed by atoms with Crippen LogP contribution in [-0.4, -0.2) is 26.5 Å². The zero-order chi connectivity index (χ0) is 17.8. The fraction of sp³-hybridized carbons (Fsp3) is 0.611. The van der Waals surface area contributed by atoms with Crippen molar-refractivity contribution < 1.29 is 17.9 Å². The molecule has 0 radical (unpaired) electrons. The summed E-state index contributed by atoms with van der Waals surface area (Å²) in [4.78, 5) is 11.9. The molecule has 6 nitrogen and oxygen atoms in total. The van der Waals surface area contributed by atoms with E-state index in [0.717, 1.165) is 12.3 Å². The number of sulfonamides is 1. The average molecular weight is 364 g/mol. The SMILES string of the molecule is CC1Oc2ccc(S(=O)(=O)NC(C)C3CC4CCC3C4)cc2NC1=O. The van der Waals surface area contributed by atoms with Gasteiger partial charge in [0.15, 0.2) is 6.10 Å². The second kappa shape index (κ2) is 5.99. The van der Waals surface area contributed by atoms with Gasteiger partial charge in [0.1, 0.15) is 5.75 Å². The third-order valence-corrected chi connectivity index (χ3v) is 7.52. The van der Waals surface area contributed by atoms with Gasteiger partial charge < -0.3 is 10.1 Å². The van der Waals surface area contributed by atoms with Crippen LogP contribution in [0.15, 0.2) is 23.1 Å². The summed E-state index contributed by atoms with van der Waals surface area (Å²) in [6, 6.07) is 4.51. The Morgan fingerprint density at radius 3 is 2.76 bits per heavy atom. The Balaban J connectivity index is 1.52. The van der Waals surface area contributed by atoms with E-state index >= 15 is 0 Å². The minimum absolute atomic E-state index is 0.0813. The van der Waals surface area contributed by atoms with Crippen LogP contribution >= 0.6 is 0 Å². The highest BCUT2D eigenvalue weighted by Gasteiger charge is 2.42. The second-order valence-electron chi connectivity index (χ2n) is 7.66. The first-order chi connectivity index (χ1) is 11.8. The van der Waals surface area contributed by atoms with Crippen molar-refractivity contribution in [2.75, 3.05) is 5.32 Å². The van der Waals surface area contributed by atoms with Gasteiger partial charge >= 0.3 is 0 Å². The standard InChI is InChI=1S/C18H24N2O4S/c1-10(15-8-12-3-4-13(15)7-12)20-25(22,23)14-5-6-17-16(9-14)19-18(21)11(2)24-17/h5-6,9-13,15,20H,3-4,7-8H2,1-2H3,(H,19,21).